The van der Waals surface area contributed by atoms with E-state index in [0.717, 1.165) is 11.3 Å². The van der Waals surface area contributed by atoms with Gasteiger partial charge in [-0.3, -0.25) is 9.48 Å². The molecule has 2 aromatic rings. The molecule has 0 aliphatic rings. The topological polar surface area (TPSA) is 67.2 Å². The van der Waals surface area contributed by atoms with Crippen LogP contribution < -0.4 is 5.32 Å². The Morgan fingerprint density at radius 3 is 2.55 bits per heavy atom. The van der Waals surface area contributed by atoms with Crippen LogP contribution in [0.3, 0.4) is 0 Å². The number of nitrogens with one attached hydrogen (secondary N) is 1. The van der Waals surface area contributed by atoms with E-state index in [1.165, 1.54) is 11.1 Å². The number of aryl methyl sites for hydroxylation is 3. The van der Waals surface area contributed by atoms with Crippen molar-refractivity contribution in [1.82, 2.24) is 15.1 Å². The van der Waals surface area contributed by atoms with Crippen molar-refractivity contribution in [1.29, 1.82) is 0 Å². The van der Waals surface area contributed by atoms with Crippen LogP contribution in [0.25, 0.3) is 11.3 Å². The van der Waals surface area contributed by atoms with E-state index in [9.17, 15) is 9.90 Å². The lowest BCUT2D eigenvalue weighted by atomic mass is 10.0. The third kappa shape index (κ3) is 3.74. The average Bonchev–Trinajstić information content (AvgIpc) is 2.80. The lowest BCUT2D eigenvalue weighted by Gasteiger charge is -2.16. The predicted molar refractivity (Wildman–Crippen MR) is 86.7 cm³/mol. The van der Waals surface area contributed by atoms with Gasteiger partial charge in [0.15, 0.2) is 5.69 Å². The Morgan fingerprint density at radius 1 is 1.27 bits per heavy atom. The van der Waals surface area contributed by atoms with Crippen LogP contribution in [0.1, 0.15) is 35.5 Å². The van der Waals surface area contributed by atoms with Crippen molar-refractivity contribution >= 4 is 5.91 Å². The van der Waals surface area contributed by atoms with Crippen LogP contribution in [0, 0.1) is 13.8 Å². The third-order valence-corrected chi connectivity index (χ3v) is 3.60. The molecule has 1 amide bonds. The second kappa shape index (κ2) is 5.93. The van der Waals surface area contributed by atoms with Gasteiger partial charge in [0.1, 0.15) is 0 Å². The lowest BCUT2D eigenvalue weighted by Crippen LogP contribution is -2.38. The second-order valence-corrected chi connectivity index (χ2v) is 6.33. The number of benzene rings is 1. The van der Waals surface area contributed by atoms with E-state index in [2.05, 4.69) is 36.4 Å². The molecule has 0 bridgehead atoms. The number of hydrogen-bond donors (Lipinski definition) is 2. The van der Waals surface area contributed by atoms with Crippen molar-refractivity contribution in [2.24, 2.45) is 7.05 Å². The minimum atomic E-state index is -0.943. The minimum absolute atomic E-state index is 0.182. The molecule has 118 valence electrons. The van der Waals surface area contributed by atoms with Gasteiger partial charge in [-0.15, -0.1) is 0 Å². The summed E-state index contributed by atoms with van der Waals surface area (Å²) in [4.78, 5) is 12.1. The number of carbonyl (C=O) groups excluding carboxylic acids is 1. The zero-order valence-electron chi connectivity index (χ0n) is 13.8. The van der Waals surface area contributed by atoms with Crippen LogP contribution in [0.5, 0.6) is 0 Å². The fourth-order valence-electron chi connectivity index (χ4n) is 2.14. The Balaban J connectivity index is 2.24. The summed E-state index contributed by atoms with van der Waals surface area (Å²) >= 11 is 0. The molecule has 0 atom stereocenters. The molecule has 0 saturated carbocycles. The van der Waals surface area contributed by atoms with Gasteiger partial charge in [-0.25, -0.2) is 0 Å². The fraction of sp³-hybridized carbons (Fsp3) is 0.412. The van der Waals surface area contributed by atoms with Crippen LogP contribution in [-0.4, -0.2) is 32.9 Å². The van der Waals surface area contributed by atoms with Gasteiger partial charge < -0.3 is 10.4 Å². The number of carbonyl (C=O) groups is 1. The minimum Gasteiger partial charge on any atom is -0.389 e. The van der Waals surface area contributed by atoms with Crippen molar-refractivity contribution in [2.75, 3.05) is 6.54 Å². The first-order valence-corrected chi connectivity index (χ1v) is 7.29. The van der Waals surface area contributed by atoms with E-state index >= 15 is 0 Å². The van der Waals surface area contributed by atoms with E-state index in [0.29, 0.717) is 5.69 Å². The first-order valence-electron chi connectivity index (χ1n) is 7.29. The van der Waals surface area contributed by atoms with Gasteiger partial charge in [0.2, 0.25) is 0 Å². The van der Waals surface area contributed by atoms with Crippen molar-refractivity contribution in [3.05, 3.63) is 41.1 Å². The number of amides is 1. The van der Waals surface area contributed by atoms with Crippen molar-refractivity contribution in [3.63, 3.8) is 0 Å². The SMILES string of the molecule is Cc1ccc(-c2cc(C(=O)NCC(C)(C)O)nn2C)cc1C. The number of aromatic nitrogens is 2. The van der Waals surface area contributed by atoms with Crippen LogP contribution in [0.2, 0.25) is 0 Å². The highest BCUT2D eigenvalue weighted by Gasteiger charge is 2.18. The summed E-state index contributed by atoms with van der Waals surface area (Å²) in [5.41, 5.74) is 3.75. The van der Waals surface area contributed by atoms with Crippen molar-refractivity contribution < 1.29 is 9.90 Å². The lowest BCUT2D eigenvalue weighted by molar-refractivity contribution is 0.0691. The van der Waals surface area contributed by atoms with Crippen LogP contribution in [0.15, 0.2) is 24.3 Å². The zero-order valence-corrected chi connectivity index (χ0v) is 13.8. The summed E-state index contributed by atoms with van der Waals surface area (Å²) in [6.07, 6.45) is 0. The highest BCUT2D eigenvalue weighted by atomic mass is 16.3. The van der Waals surface area contributed by atoms with Gasteiger partial charge in [0, 0.05) is 19.2 Å². The molecule has 0 spiro atoms. The standard InChI is InChI=1S/C17H23N3O2/c1-11-6-7-13(8-12(11)2)15-9-14(19-20(15)5)16(21)18-10-17(3,4)22/h6-9,22H,10H2,1-5H3,(H,18,21). The Labute approximate surface area is 131 Å². The Kier molecular flexibility index (Phi) is 4.37. The molecule has 0 radical (unpaired) electrons. The zero-order chi connectivity index (χ0) is 16.5. The van der Waals surface area contributed by atoms with Crippen LogP contribution in [0.4, 0.5) is 0 Å². The number of nitrogens with zero attached hydrogens (tertiary/aromatic N) is 2. The first-order chi connectivity index (χ1) is 10.2. The summed E-state index contributed by atoms with van der Waals surface area (Å²) in [6.45, 7) is 7.60. The molecule has 22 heavy (non-hydrogen) atoms. The van der Waals surface area contributed by atoms with Crippen molar-refractivity contribution in [2.45, 2.75) is 33.3 Å². The number of aliphatic hydroxyl groups is 1. The Hall–Kier alpha value is -2.14. The second-order valence-electron chi connectivity index (χ2n) is 6.33. The highest BCUT2D eigenvalue weighted by Crippen LogP contribution is 2.22. The molecule has 0 saturated heterocycles. The van der Waals surface area contributed by atoms with Gasteiger partial charge >= 0.3 is 0 Å². The molecule has 2 rings (SSSR count). The summed E-state index contributed by atoms with van der Waals surface area (Å²) in [7, 11) is 1.82. The normalized spacial score (nSPS) is 11.5. The summed E-state index contributed by atoms with van der Waals surface area (Å²) in [6, 6.07) is 7.94. The van der Waals surface area contributed by atoms with E-state index in [4.69, 9.17) is 0 Å². The quantitative estimate of drug-likeness (QED) is 0.910. The average molecular weight is 301 g/mol. The highest BCUT2D eigenvalue weighted by molar-refractivity contribution is 5.93. The third-order valence-electron chi connectivity index (χ3n) is 3.60. The Morgan fingerprint density at radius 2 is 1.95 bits per heavy atom. The fourth-order valence-corrected chi connectivity index (χ4v) is 2.14. The maximum atomic E-state index is 12.1. The molecule has 1 aromatic carbocycles. The van der Waals surface area contributed by atoms with Gasteiger partial charge in [-0.05, 0) is 51.0 Å². The van der Waals surface area contributed by atoms with E-state index in [1.54, 1.807) is 24.6 Å². The van der Waals surface area contributed by atoms with Gasteiger partial charge in [0.05, 0.1) is 11.3 Å². The molecule has 0 unspecified atom stereocenters. The molecular formula is C17H23N3O2. The largest absolute Gasteiger partial charge is 0.389 e. The molecule has 0 fully saturated rings. The van der Waals surface area contributed by atoms with E-state index < -0.39 is 5.60 Å². The predicted octanol–water partition coefficient (Wildman–Crippen LogP) is 2.20. The summed E-state index contributed by atoms with van der Waals surface area (Å²) < 4.78 is 1.70. The molecule has 1 heterocycles. The molecule has 0 aliphatic heterocycles. The molecule has 1 aromatic heterocycles. The first kappa shape index (κ1) is 16.2. The van der Waals surface area contributed by atoms with Crippen molar-refractivity contribution in [3.8, 4) is 11.3 Å². The van der Waals surface area contributed by atoms with E-state index in [-0.39, 0.29) is 12.5 Å². The Bertz CT molecular complexity index is 696. The summed E-state index contributed by atoms with van der Waals surface area (Å²) in [5, 5.41) is 16.6. The monoisotopic (exact) mass is 301 g/mol. The van der Waals surface area contributed by atoms with Crippen LogP contribution in [-0.2, 0) is 7.05 Å². The van der Waals surface area contributed by atoms with Gasteiger partial charge in [0.25, 0.3) is 5.91 Å². The van der Waals surface area contributed by atoms with Gasteiger partial charge in [-0.1, -0.05) is 12.1 Å². The molecule has 5 nitrogen and oxygen atoms in total. The number of hydrogen-bond acceptors (Lipinski definition) is 3. The maximum absolute atomic E-state index is 12.1. The number of rotatable bonds is 4. The molecular weight excluding hydrogens is 278 g/mol. The summed E-state index contributed by atoms with van der Waals surface area (Å²) in [5.74, 6) is -0.284. The maximum Gasteiger partial charge on any atom is 0.271 e. The van der Waals surface area contributed by atoms with E-state index in [1.807, 2.05) is 13.1 Å². The molecule has 2 N–H and O–H groups in total. The van der Waals surface area contributed by atoms with Gasteiger partial charge in [-0.2, -0.15) is 5.10 Å². The smallest absolute Gasteiger partial charge is 0.271 e. The van der Waals surface area contributed by atoms with Crippen LogP contribution >= 0.6 is 0 Å². The molecule has 0 aliphatic carbocycles. The molecule has 5 heteroatoms.